The average molecular weight is 425 g/mol. The van der Waals surface area contributed by atoms with Gasteiger partial charge in [0.1, 0.15) is 23.2 Å². The number of hydrogen-bond acceptors (Lipinski definition) is 7. The van der Waals surface area contributed by atoms with E-state index in [0.29, 0.717) is 28.5 Å². The SMILES string of the molecule is CC(Nc1ncc2ncnc(Nc3ccc(F)c(Cl)c3)c2n1)C(O)c1ccccc1. The van der Waals surface area contributed by atoms with Crippen molar-refractivity contribution in [2.75, 3.05) is 10.6 Å². The third kappa shape index (κ3) is 4.29. The van der Waals surface area contributed by atoms with Gasteiger partial charge in [-0.05, 0) is 30.7 Å². The van der Waals surface area contributed by atoms with Gasteiger partial charge in [-0.1, -0.05) is 41.9 Å². The first-order valence-corrected chi connectivity index (χ1v) is 9.58. The van der Waals surface area contributed by atoms with Gasteiger partial charge in [-0.2, -0.15) is 0 Å². The van der Waals surface area contributed by atoms with Crippen molar-refractivity contribution in [3.8, 4) is 0 Å². The van der Waals surface area contributed by atoms with E-state index in [2.05, 4.69) is 30.6 Å². The summed E-state index contributed by atoms with van der Waals surface area (Å²) in [6.45, 7) is 1.84. The molecule has 4 rings (SSSR count). The smallest absolute Gasteiger partial charge is 0.223 e. The van der Waals surface area contributed by atoms with Crippen molar-refractivity contribution >= 4 is 40.1 Å². The van der Waals surface area contributed by atoms with Crippen molar-refractivity contribution in [3.63, 3.8) is 0 Å². The van der Waals surface area contributed by atoms with Crippen LogP contribution in [0.3, 0.4) is 0 Å². The molecule has 3 N–H and O–H groups in total. The fourth-order valence-corrected chi connectivity index (χ4v) is 3.13. The summed E-state index contributed by atoms with van der Waals surface area (Å²) in [4.78, 5) is 17.2. The van der Waals surface area contributed by atoms with Crippen molar-refractivity contribution in [2.45, 2.75) is 19.1 Å². The molecular weight excluding hydrogens is 407 g/mol. The number of aliphatic hydroxyl groups excluding tert-OH is 1. The van der Waals surface area contributed by atoms with Crippen LogP contribution < -0.4 is 10.6 Å². The van der Waals surface area contributed by atoms with Crippen LogP contribution in [0.2, 0.25) is 5.02 Å². The lowest BCUT2D eigenvalue weighted by molar-refractivity contribution is 0.160. The summed E-state index contributed by atoms with van der Waals surface area (Å²) < 4.78 is 13.4. The van der Waals surface area contributed by atoms with E-state index in [1.807, 2.05) is 37.3 Å². The highest BCUT2D eigenvalue weighted by molar-refractivity contribution is 6.31. The second kappa shape index (κ2) is 8.56. The lowest BCUT2D eigenvalue weighted by Crippen LogP contribution is -2.25. The van der Waals surface area contributed by atoms with Gasteiger partial charge in [0.15, 0.2) is 5.82 Å². The number of anilines is 3. The Hall–Kier alpha value is -3.36. The molecule has 0 aliphatic heterocycles. The maximum atomic E-state index is 13.4. The Balaban J connectivity index is 1.60. The van der Waals surface area contributed by atoms with Crippen molar-refractivity contribution in [1.29, 1.82) is 0 Å². The lowest BCUT2D eigenvalue weighted by Gasteiger charge is -2.20. The number of nitrogens with zero attached hydrogens (tertiary/aromatic N) is 4. The van der Waals surface area contributed by atoms with Crippen molar-refractivity contribution in [3.05, 3.63) is 77.5 Å². The summed E-state index contributed by atoms with van der Waals surface area (Å²) in [6, 6.07) is 13.3. The highest BCUT2D eigenvalue weighted by Crippen LogP contribution is 2.26. The summed E-state index contributed by atoms with van der Waals surface area (Å²) in [5.41, 5.74) is 2.35. The molecule has 2 aromatic heterocycles. The number of fused-ring (bicyclic) bond motifs is 1. The molecule has 0 fully saturated rings. The Labute approximate surface area is 177 Å². The van der Waals surface area contributed by atoms with Gasteiger partial charge in [0.2, 0.25) is 5.95 Å². The zero-order chi connectivity index (χ0) is 21.1. The standard InChI is InChI=1S/C21H18ClFN6O/c1-12(19(30)13-5-3-2-4-6-13)27-21-24-10-17-18(29-21)20(26-11-25-17)28-14-7-8-16(23)15(22)9-14/h2-12,19,30H,1H3,(H,24,27,29)(H,25,26,28). The Morgan fingerprint density at radius 3 is 2.63 bits per heavy atom. The van der Waals surface area contributed by atoms with Crippen molar-refractivity contribution < 1.29 is 9.50 Å². The number of halogens is 2. The van der Waals surface area contributed by atoms with E-state index in [9.17, 15) is 9.50 Å². The van der Waals surface area contributed by atoms with E-state index in [4.69, 9.17) is 11.6 Å². The molecule has 152 valence electrons. The predicted octanol–water partition coefficient (Wildman–Crippen LogP) is 4.49. The maximum Gasteiger partial charge on any atom is 0.223 e. The molecule has 9 heteroatoms. The number of aliphatic hydroxyl groups is 1. The molecule has 0 saturated carbocycles. The molecule has 4 aromatic rings. The van der Waals surface area contributed by atoms with Gasteiger partial charge < -0.3 is 15.7 Å². The van der Waals surface area contributed by atoms with Crippen LogP contribution in [0.5, 0.6) is 0 Å². The summed E-state index contributed by atoms with van der Waals surface area (Å²) in [7, 11) is 0. The van der Waals surface area contributed by atoms with Crippen molar-refractivity contribution in [2.24, 2.45) is 0 Å². The van der Waals surface area contributed by atoms with E-state index in [-0.39, 0.29) is 11.1 Å². The number of nitrogens with one attached hydrogen (secondary N) is 2. The fourth-order valence-electron chi connectivity index (χ4n) is 2.95. The summed E-state index contributed by atoms with van der Waals surface area (Å²) >= 11 is 5.85. The zero-order valence-corrected chi connectivity index (χ0v) is 16.7. The van der Waals surface area contributed by atoms with Gasteiger partial charge in [0.25, 0.3) is 0 Å². The molecule has 0 saturated heterocycles. The molecule has 7 nitrogen and oxygen atoms in total. The molecule has 0 spiro atoms. The van der Waals surface area contributed by atoms with E-state index < -0.39 is 11.9 Å². The summed E-state index contributed by atoms with van der Waals surface area (Å²) in [6.07, 6.45) is 2.21. The van der Waals surface area contributed by atoms with Gasteiger partial charge in [0.05, 0.1) is 23.4 Å². The summed E-state index contributed by atoms with van der Waals surface area (Å²) in [5, 5.41) is 16.8. The van der Waals surface area contributed by atoms with Crippen LogP contribution in [0.1, 0.15) is 18.6 Å². The molecule has 0 radical (unpaired) electrons. The Morgan fingerprint density at radius 1 is 1.07 bits per heavy atom. The minimum Gasteiger partial charge on any atom is -0.386 e. The quantitative estimate of drug-likeness (QED) is 0.419. The molecule has 2 aromatic carbocycles. The average Bonchev–Trinajstić information content (AvgIpc) is 2.77. The molecule has 2 heterocycles. The van der Waals surface area contributed by atoms with E-state index >= 15 is 0 Å². The highest BCUT2D eigenvalue weighted by Gasteiger charge is 2.18. The topological polar surface area (TPSA) is 95.9 Å². The van der Waals surface area contributed by atoms with Crippen LogP contribution >= 0.6 is 11.6 Å². The molecule has 0 aliphatic carbocycles. The number of aromatic nitrogens is 4. The molecule has 0 amide bonds. The second-order valence-corrected chi connectivity index (χ2v) is 7.10. The van der Waals surface area contributed by atoms with Crippen LogP contribution in [-0.2, 0) is 0 Å². The van der Waals surface area contributed by atoms with Gasteiger partial charge >= 0.3 is 0 Å². The first-order valence-electron chi connectivity index (χ1n) is 9.20. The minimum atomic E-state index is -0.739. The predicted molar refractivity (Wildman–Crippen MR) is 114 cm³/mol. The first kappa shape index (κ1) is 19.9. The van der Waals surface area contributed by atoms with Gasteiger partial charge in [-0.3, -0.25) is 0 Å². The van der Waals surface area contributed by atoms with E-state index in [1.165, 1.54) is 18.5 Å². The molecular formula is C21H18ClFN6O. The fraction of sp³-hybridized carbons (Fsp3) is 0.143. The van der Waals surface area contributed by atoms with Gasteiger partial charge in [-0.25, -0.2) is 24.3 Å². The maximum absolute atomic E-state index is 13.4. The molecule has 2 unspecified atom stereocenters. The van der Waals surface area contributed by atoms with Crippen LogP contribution in [0.4, 0.5) is 21.8 Å². The third-order valence-corrected chi connectivity index (χ3v) is 4.82. The van der Waals surface area contributed by atoms with E-state index in [0.717, 1.165) is 5.56 Å². The Bertz CT molecular complexity index is 1180. The monoisotopic (exact) mass is 424 g/mol. The minimum absolute atomic E-state index is 0.000863. The highest BCUT2D eigenvalue weighted by atomic mass is 35.5. The second-order valence-electron chi connectivity index (χ2n) is 6.69. The summed E-state index contributed by atoms with van der Waals surface area (Å²) in [5.74, 6) is 0.235. The Kier molecular flexibility index (Phi) is 5.69. The van der Waals surface area contributed by atoms with Gasteiger partial charge in [-0.15, -0.1) is 0 Å². The number of benzene rings is 2. The number of hydrogen-bond donors (Lipinski definition) is 3. The first-order chi connectivity index (χ1) is 14.5. The van der Waals surface area contributed by atoms with E-state index in [1.54, 1.807) is 12.3 Å². The largest absolute Gasteiger partial charge is 0.386 e. The lowest BCUT2D eigenvalue weighted by atomic mass is 10.0. The van der Waals surface area contributed by atoms with Crippen LogP contribution in [0, 0.1) is 5.82 Å². The van der Waals surface area contributed by atoms with Crippen LogP contribution in [0.15, 0.2) is 61.1 Å². The van der Waals surface area contributed by atoms with Crippen molar-refractivity contribution in [1.82, 2.24) is 19.9 Å². The molecule has 2 atom stereocenters. The molecule has 30 heavy (non-hydrogen) atoms. The van der Waals surface area contributed by atoms with Gasteiger partial charge in [0, 0.05) is 5.69 Å². The molecule has 0 aliphatic rings. The van der Waals surface area contributed by atoms with Crippen LogP contribution in [0.25, 0.3) is 11.0 Å². The normalized spacial score (nSPS) is 13.1. The molecule has 0 bridgehead atoms. The number of rotatable bonds is 6. The zero-order valence-electron chi connectivity index (χ0n) is 15.9. The third-order valence-electron chi connectivity index (χ3n) is 4.53. The van der Waals surface area contributed by atoms with Crippen LogP contribution in [-0.4, -0.2) is 31.1 Å². The Morgan fingerprint density at radius 2 is 1.87 bits per heavy atom.